The minimum Gasteiger partial charge on any atom is -0.424 e. The Bertz CT molecular complexity index is 756. The number of aliphatic hydroxyl groups excluding tert-OH is 1. The molecule has 1 aliphatic carbocycles. The van der Waals surface area contributed by atoms with Crippen molar-refractivity contribution in [3.63, 3.8) is 0 Å². The number of anilines is 1. The van der Waals surface area contributed by atoms with Gasteiger partial charge in [-0.1, -0.05) is 46.1 Å². The first-order valence-electron chi connectivity index (χ1n) is 11.5. The molecule has 166 valence electrons. The highest BCUT2D eigenvalue weighted by Gasteiger charge is 2.29. The highest BCUT2D eigenvalue weighted by atomic mass is 16.5. The van der Waals surface area contributed by atoms with Crippen LogP contribution >= 0.6 is 0 Å². The number of esters is 1. The van der Waals surface area contributed by atoms with Crippen LogP contribution in [0.2, 0.25) is 0 Å². The van der Waals surface area contributed by atoms with Gasteiger partial charge in [0, 0.05) is 24.9 Å². The topological polar surface area (TPSA) is 87.7 Å². The molecule has 2 unspecified atom stereocenters. The summed E-state index contributed by atoms with van der Waals surface area (Å²) in [6.45, 7) is 6.15. The molecule has 1 amide bonds. The van der Waals surface area contributed by atoms with Crippen molar-refractivity contribution in [2.24, 2.45) is 5.92 Å². The summed E-state index contributed by atoms with van der Waals surface area (Å²) < 4.78 is 5.70. The number of hydrogen-bond acceptors (Lipinski definition) is 5. The minimum absolute atomic E-state index is 0.0913. The van der Waals surface area contributed by atoms with Crippen molar-refractivity contribution in [2.75, 3.05) is 5.32 Å². The van der Waals surface area contributed by atoms with Gasteiger partial charge in [0.25, 0.3) is 0 Å². The highest BCUT2D eigenvalue weighted by molar-refractivity contribution is 5.96. The maximum absolute atomic E-state index is 12.5. The van der Waals surface area contributed by atoms with Crippen LogP contribution in [0.25, 0.3) is 0 Å². The summed E-state index contributed by atoms with van der Waals surface area (Å²) in [5.74, 6) is 0.445. The molecule has 3 rings (SSSR count). The normalized spacial score (nSPS) is 19.2. The van der Waals surface area contributed by atoms with Crippen molar-refractivity contribution >= 4 is 17.6 Å². The van der Waals surface area contributed by atoms with Gasteiger partial charge in [0.2, 0.25) is 5.91 Å². The third-order valence-corrected chi connectivity index (χ3v) is 6.27. The molecule has 1 saturated carbocycles. The molecule has 2 atom stereocenters. The fraction of sp³-hybridized carbons (Fsp3) is 0.667. The largest absolute Gasteiger partial charge is 0.424 e. The molecule has 30 heavy (non-hydrogen) atoms. The first-order valence-corrected chi connectivity index (χ1v) is 11.5. The van der Waals surface area contributed by atoms with Gasteiger partial charge in [-0.25, -0.2) is 0 Å². The number of carbonyl (C=O) groups excluding carboxylic acids is 2. The Kier molecular flexibility index (Phi) is 7.89. The lowest BCUT2D eigenvalue weighted by Crippen LogP contribution is -2.39. The second-order valence-electron chi connectivity index (χ2n) is 9.02. The summed E-state index contributed by atoms with van der Waals surface area (Å²) in [5.41, 5.74) is 2.20. The van der Waals surface area contributed by atoms with Crippen molar-refractivity contribution in [2.45, 2.75) is 96.7 Å². The number of fused-ring (bicyclic) bond motifs is 1. The minimum atomic E-state index is -0.701. The summed E-state index contributed by atoms with van der Waals surface area (Å²) in [7, 11) is 0. The number of aliphatic hydroxyl groups is 1. The molecule has 1 heterocycles. The number of hydrogen-bond donors (Lipinski definition) is 3. The van der Waals surface area contributed by atoms with Gasteiger partial charge in [0.05, 0.1) is 11.8 Å². The van der Waals surface area contributed by atoms with Gasteiger partial charge in [0.15, 0.2) is 5.75 Å². The van der Waals surface area contributed by atoms with Crippen LogP contribution in [0.5, 0.6) is 5.75 Å². The fourth-order valence-corrected chi connectivity index (χ4v) is 4.72. The van der Waals surface area contributed by atoms with Crippen LogP contribution < -0.4 is 15.4 Å². The molecular weight excluding hydrogens is 380 g/mol. The van der Waals surface area contributed by atoms with E-state index in [0.717, 1.165) is 30.4 Å². The average molecular weight is 417 g/mol. The molecule has 6 heteroatoms. The molecule has 3 N–H and O–H groups in total. The van der Waals surface area contributed by atoms with E-state index in [9.17, 15) is 14.7 Å². The molecule has 0 bridgehead atoms. The van der Waals surface area contributed by atoms with E-state index < -0.39 is 6.10 Å². The summed E-state index contributed by atoms with van der Waals surface area (Å²) >= 11 is 0. The summed E-state index contributed by atoms with van der Waals surface area (Å²) in [6.07, 6.45) is 7.15. The quantitative estimate of drug-likeness (QED) is 0.435. The van der Waals surface area contributed by atoms with Crippen LogP contribution in [0, 0.1) is 5.92 Å². The van der Waals surface area contributed by atoms with Gasteiger partial charge in [0.1, 0.15) is 0 Å². The second-order valence-corrected chi connectivity index (χ2v) is 9.02. The lowest BCUT2D eigenvalue weighted by atomic mass is 9.87. The molecular formula is C24H36N2O4. The third kappa shape index (κ3) is 5.61. The number of benzene rings is 1. The van der Waals surface area contributed by atoms with E-state index in [2.05, 4.69) is 24.5 Å². The predicted molar refractivity (Wildman–Crippen MR) is 118 cm³/mol. The average Bonchev–Trinajstić information content (AvgIpc) is 2.72. The Hall–Kier alpha value is -1.92. The fourth-order valence-electron chi connectivity index (χ4n) is 4.72. The van der Waals surface area contributed by atoms with Crippen LogP contribution in [0.15, 0.2) is 12.1 Å². The predicted octanol–water partition coefficient (Wildman–Crippen LogP) is 4.26. The van der Waals surface area contributed by atoms with Crippen LogP contribution in [-0.2, 0) is 16.0 Å². The van der Waals surface area contributed by atoms with Crippen molar-refractivity contribution in [1.29, 1.82) is 0 Å². The maximum Gasteiger partial charge on any atom is 0.311 e. The molecule has 1 aromatic rings. The third-order valence-electron chi connectivity index (χ3n) is 6.27. The standard InChI is InChI=1S/C24H36N2O4/c1-4-19(25-15(2)3)24(29)18-10-12-20(23-17(18)11-13-21(27)26-23)30-22(28)14-16-8-6-5-7-9-16/h10,12,15-16,19,24-25,29H,4-9,11,13-14H2,1-3H3,(H,26,27). The molecule has 0 spiro atoms. The van der Waals surface area contributed by atoms with E-state index >= 15 is 0 Å². The first-order chi connectivity index (χ1) is 14.4. The molecule has 0 aromatic heterocycles. The van der Waals surface area contributed by atoms with Gasteiger partial charge >= 0.3 is 5.97 Å². The summed E-state index contributed by atoms with van der Waals surface area (Å²) in [4.78, 5) is 24.6. The molecule has 1 aromatic carbocycles. The number of rotatable bonds is 8. The zero-order valence-corrected chi connectivity index (χ0v) is 18.5. The van der Waals surface area contributed by atoms with E-state index in [-0.39, 0.29) is 24.0 Å². The molecule has 0 radical (unpaired) electrons. The smallest absolute Gasteiger partial charge is 0.311 e. The molecule has 6 nitrogen and oxygen atoms in total. The highest BCUT2D eigenvalue weighted by Crippen LogP contribution is 2.39. The summed E-state index contributed by atoms with van der Waals surface area (Å²) in [6, 6.07) is 3.71. The second kappa shape index (κ2) is 10.4. The lowest BCUT2D eigenvalue weighted by molar-refractivity contribution is -0.135. The van der Waals surface area contributed by atoms with Crippen LogP contribution in [0.3, 0.4) is 0 Å². The first kappa shape index (κ1) is 22.8. The number of carbonyl (C=O) groups is 2. The van der Waals surface area contributed by atoms with E-state index in [1.165, 1.54) is 19.3 Å². The van der Waals surface area contributed by atoms with Gasteiger partial charge in [-0.05, 0) is 48.8 Å². The summed E-state index contributed by atoms with van der Waals surface area (Å²) in [5, 5.41) is 17.4. The number of amides is 1. The van der Waals surface area contributed by atoms with Gasteiger partial charge < -0.3 is 20.5 Å². The Morgan fingerprint density at radius 1 is 1.23 bits per heavy atom. The van der Waals surface area contributed by atoms with E-state index in [1.807, 2.05) is 13.0 Å². The van der Waals surface area contributed by atoms with Crippen LogP contribution in [-0.4, -0.2) is 29.1 Å². The zero-order valence-electron chi connectivity index (χ0n) is 18.5. The number of ether oxygens (including phenoxy) is 1. The van der Waals surface area contributed by atoms with E-state index in [4.69, 9.17) is 4.74 Å². The van der Waals surface area contributed by atoms with Crippen molar-refractivity contribution in [1.82, 2.24) is 5.32 Å². The van der Waals surface area contributed by atoms with Gasteiger partial charge in [-0.2, -0.15) is 0 Å². The van der Waals surface area contributed by atoms with Crippen molar-refractivity contribution < 1.29 is 19.4 Å². The Balaban J connectivity index is 1.81. The molecule has 0 saturated heterocycles. The van der Waals surface area contributed by atoms with Crippen LogP contribution in [0.1, 0.15) is 89.4 Å². The Morgan fingerprint density at radius 3 is 2.63 bits per heavy atom. The lowest BCUT2D eigenvalue weighted by Gasteiger charge is -2.30. The van der Waals surface area contributed by atoms with Crippen molar-refractivity contribution in [3.8, 4) is 5.75 Å². The van der Waals surface area contributed by atoms with Crippen LogP contribution in [0.4, 0.5) is 5.69 Å². The molecule has 2 aliphatic rings. The number of nitrogens with one attached hydrogen (secondary N) is 2. The maximum atomic E-state index is 12.5. The van der Waals surface area contributed by atoms with E-state index in [0.29, 0.717) is 36.6 Å². The Labute approximate surface area is 179 Å². The Morgan fingerprint density at radius 2 is 1.97 bits per heavy atom. The van der Waals surface area contributed by atoms with E-state index in [1.54, 1.807) is 6.07 Å². The monoisotopic (exact) mass is 416 g/mol. The molecule has 1 fully saturated rings. The van der Waals surface area contributed by atoms with Gasteiger partial charge in [-0.15, -0.1) is 0 Å². The van der Waals surface area contributed by atoms with Gasteiger partial charge in [-0.3, -0.25) is 9.59 Å². The van der Waals surface area contributed by atoms with Crippen molar-refractivity contribution in [3.05, 3.63) is 23.3 Å². The SMILES string of the molecule is CCC(NC(C)C)C(O)c1ccc(OC(=O)CC2CCCCC2)c2c1CCC(=O)N2. The molecule has 1 aliphatic heterocycles. The zero-order chi connectivity index (χ0) is 21.7.